The van der Waals surface area contributed by atoms with Crippen LogP contribution < -0.4 is 14.8 Å². The minimum absolute atomic E-state index is 0.135. The van der Waals surface area contributed by atoms with Crippen LogP contribution in [0.5, 0.6) is 11.5 Å². The van der Waals surface area contributed by atoms with E-state index in [2.05, 4.69) is 5.32 Å². The second-order valence-corrected chi connectivity index (χ2v) is 4.97. The van der Waals surface area contributed by atoms with Crippen molar-refractivity contribution in [3.8, 4) is 11.5 Å². The average molecular weight is 247 g/mol. The lowest BCUT2D eigenvalue weighted by Gasteiger charge is -2.41. The lowest BCUT2D eigenvalue weighted by atomic mass is 9.83. The highest BCUT2D eigenvalue weighted by atomic mass is 16.5. The molecule has 0 saturated carbocycles. The Morgan fingerprint density at radius 2 is 2.11 bits per heavy atom. The topological polar surface area (TPSA) is 47.6 Å². The van der Waals surface area contributed by atoms with Gasteiger partial charge in [-0.3, -0.25) is 4.79 Å². The molecular formula is C14H17NO3. The molecule has 2 heterocycles. The number of ketones is 1. The molecule has 0 radical (unpaired) electrons. The van der Waals surface area contributed by atoms with Gasteiger partial charge in [-0.05, 0) is 25.2 Å². The maximum Gasteiger partial charge on any atom is 0.174 e. The minimum atomic E-state index is -0.304. The molecule has 1 aromatic rings. The number of methoxy groups -OCH3 is 1. The Kier molecular flexibility index (Phi) is 2.74. The Balaban J connectivity index is 2.00. The number of benzene rings is 1. The van der Waals surface area contributed by atoms with Crippen LogP contribution in [0.2, 0.25) is 0 Å². The zero-order chi connectivity index (χ0) is 12.6. The van der Waals surface area contributed by atoms with Gasteiger partial charge in [-0.25, -0.2) is 0 Å². The fourth-order valence-corrected chi connectivity index (χ4v) is 2.85. The van der Waals surface area contributed by atoms with Gasteiger partial charge >= 0.3 is 0 Å². The first-order valence-corrected chi connectivity index (χ1v) is 6.34. The van der Waals surface area contributed by atoms with Crippen molar-refractivity contribution in [3.05, 3.63) is 23.8 Å². The van der Waals surface area contributed by atoms with E-state index in [0.29, 0.717) is 23.5 Å². The molecule has 1 saturated heterocycles. The molecule has 3 rings (SSSR count). The van der Waals surface area contributed by atoms with Gasteiger partial charge in [0.05, 0.1) is 13.5 Å². The molecule has 0 aliphatic carbocycles. The van der Waals surface area contributed by atoms with Crippen LogP contribution in [0.15, 0.2) is 18.2 Å². The van der Waals surface area contributed by atoms with Gasteiger partial charge in [-0.15, -0.1) is 0 Å². The summed E-state index contributed by atoms with van der Waals surface area (Å²) in [7, 11) is 1.58. The number of hydrogen-bond acceptors (Lipinski definition) is 4. The van der Waals surface area contributed by atoms with Crippen LogP contribution >= 0.6 is 0 Å². The molecule has 2 aliphatic rings. The van der Waals surface area contributed by atoms with E-state index in [-0.39, 0.29) is 11.4 Å². The summed E-state index contributed by atoms with van der Waals surface area (Å²) in [6.07, 6.45) is 2.23. The molecular weight excluding hydrogens is 230 g/mol. The number of ether oxygens (including phenoxy) is 2. The van der Waals surface area contributed by atoms with Gasteiger partial charge in [0.2, 0.25) is 0 Å². The number of piperidine rings is 1. The Morgan fingerprint density at radius 3 is 2.83 bits per heavy atom. The molecule has 4 nitrogen and oxygen atoms in total. The molecule has 1 fully saturated rings. The van der Waals surface area contributed by atoms with Gasteiger partial charge in [-0.2, -0.15) is 0 Å². The highest BCUT2D eigenvalue weighted by Gasteiger charge is 2.42. The first kappa shape index (κ1) is 11.5. The number of carbonyl (C=O) groups excluding carboxylic acids is 1. The van der Waals surface area contributed by atoms with E-state index in [1.54, 1.807) is 13.2 Å². The third-order valence-electron chi connectivity index (χ3n) is 3.81. The third kappa shape index (κ3) is 1.77. The fraction of sp³-hybridized carbons (Fsp3) is 0.500. The summed E-state index contributed by atoms with van der Waals surface area (Å²) < 4.78 is 11.4. The monoisotopic (exact) mass is 247 g/mol. The Labute approximate surface area is 106 Å². The zero-order valence-corrected chi connectivity index (χ0v) is 10.5. The Hall–Kier alpha value is -1.55. The van der Waals surface area contributed by atoms with E-state index in [0.717, 1.165) is 25.9 Å². The van der Waals surface area contributed by atoms with Crippen LogP contribution in [0.4, 0.5) is 0 Å². The number of carbonyl (C=O) groups is 1. The van der Waals surface area contributed by atoms with Crippen molar-refractivity contribution in [2.45, 2.75) is 24.9 Å². The molecule has 0 amide bonds. The van der Waals surface area contributed by atoms with Gasteiger partial charge < -0.3 is 14.8 Å². The summed E-state index contributed by atoms with van der Waals surface area (Å²) in [5.74, 6) is 1.42. The van der Waals surface area contributed by atoms with Crippen LogP contribution in [0, 0.1) is 0 Å². The van der Waals surface area contributed by atoms with Crippen molar-refractivity contribution in [2.75, 3.05) is 20.2 Å². The van der Waals surface area contributed by atoms with E-state index in [1.807, 2.05) is 12.1 Å². The first-order chi connectivity index (χ1) is 8.74. The Morgan fingerprint density at radius 1 is 1.33 bits per heavy atom. The molecule has 0 bridgehead atoms. The zero-order valence-electron chi connectivity index (χ0n) is 10.5. The predicted molar refractivity (Wildman–Crippen MR) is 67.4 cm³/mol. The van der Waals surface area contributed by atoms with Gasteiger partial charge in [-0.1, -0.05) is 6.07 Å². The van der Waals surface area contributed by atoms with E-state index < -0.39 is 0 Å². The summed E-state index contributed by atoms with van der Waals surface area (Å²) in [5.41, 5.74) is 0.297. The largest absolute Gasteiger partial charge is 0.496 e. The third-order valence-corrected chi connectivity index (χ3v) is 3.81. The van der Waals surface area contributed by atoms with Crippen LogP contribution in [0.25, 0.3) is 0 Å². The minimum Gasteiger partial charge on any atom is -0.496 e. The van der Waals surface area contributed by atoms with Crippen LogP contribution in [0.1, 0.15) is 29.6 Å². The summed E-state index contributed by atoms with van der Waals surface area (Å²) in [4.78, 5) is 12.4. The number of Topliss-reactive ketones (excluding diaryl/α,β-unsaturated/α-hetero) is 1. The van der Waals surface area contributed by atoms with Crippen LogP contribution in [-0.2, 0) is 0 Å². The van der Waals surface area contributed by atoms with Crippen molar-refractivity contribution in [1.82, 2.24) is 5.32 Å². The molecule has 0 aromatic heterocycles. The molecule has 18 heavy (non-hydrogen) atoms. The van der Waals surface area contributed by atoms with Crippen molar-refractivity contribution in [3.63, 3.8) is 0 Å². The standard InChI is InChI=1S/C14H17NO3/c1-17-11-3-2-4-12-13(11)10(16)9-14(18-12)5-7-15-8-6-14/h2-4,15H,5-9H2,1H3. The summed E-state index contributed by atoms with van der Waals surface area (Å²) in [6.45, 7) is 1.82. The van der Waals surface area contributed by atoms with E-state index >= 15 is 0 Å². The summed E-state index contributed by atoms with van der Waals surface area (Å²) in [6, 6.07) is 5.53. The molecule has 1 spiro atoms. The quantitative estimate of drug-likeness (QED) is 0.821. The molecule has 1 N–H and O–H groups in total. The SMILES string of the molecule is COc1cccc2c1C(=O)CC1(CCNCC1)O2. The first-order valence-electron chi connectivity index (χ1n) is 6.34. The molecule has 4 heteroatoms. The maximum absolute atomic E-state index is 12.4. The summed E-state index contributed by atoms with van der Waals surface area (Å²) in [5, 5.41) is 3.30. The van der Waals surface area contributed by atoms with E-state index in [4.69, 9.17) is 9.47 Å². The maximum atomic E-state index is 12.4. The average Bonchev–Trinajstić information content (AvgIpc) is 2.38. The lowest BCUT2D eigenvalue weighted by Crippen LogP contribution is -2.49. The lowest BCUT2D eigenvalue weighted by molar-refractivity contribution is 0.0183. The highest BCUT2D eigenvalue weighted by molar-refractivity contribution is 6.02. The molecule has 0 atom stereocenters. The molecule has 2 aliphatic heterocycles. The van der Waals surface area contributed by atoms with Crippen LogP contribution in [-0.4, -0.2) is 31.6 Å². The van der Waals surface area contributed by atoms with Crippen molar-refractivity contribution in [2.24, 2.45) is 0 Å². The number of rotatable bonds is 1. The van der Waals surface area contributed by atoms with E-state index in [1.165, 1.54) is 0 Å². The molecule has 0 unspecified atom stereocenters. The van der Waals surface area contributed by atoms with E-state index in [9.17, 15) is 4.79 Å². The van der Waals surface area contributed by atoms with Gasteiger partial charge in [0, 0.05) is 12.8 Å². The second-order valence-electron chi connectivity index (χ2n) is 4.97. The summed E-state index contributed by atoms with van der Waals surface area (Å²) >= 11 is 0. The van der Waals surface area contributed by atoms with Gasteiger partial charge in [0.1, 0.15) is 22.7 Å². The van der Waals surface area contributed by atoms with Crippen molar-refractivity contribution < 1.29 is 14.3 Å². The number of hydrogen-bond donors (Lipinski definition) is 1. The van der Waals surface area contributed by atoms with Gasteiger partial charge in [0.15, 0.2) is 5.78 Å². The Bertz CT molecular complexity index is 478. The molecule has 1 aromatic carbocycles. The second kappa shape index (κ2) is 4.28. The predicted octanol–water partition coefficient (Wildman–Crippen LogP) is 1.78. The molecule has 96 valence electrons. The van der Waals surface area contributed by atoms with Gasteiger partial charge in [0.25, 0.3) is 0 Å². The smallest absolute Gasteiger partial charge is 0.174 e. The highest BCUT2D eigenvalue weighted by Crippen LogP contribution is 2.41. The number of fused-ring (bicyclic) bond motifs is 1. The van der Waals surface area contributed by atoms with Crippen molar-refractivity contribution in [1.29, 1.82) is 0 Å². The number of nitrogens with one attached hydrogen (secondary N) is 1. The van der Waals surface area contributed by atoms with Crippen LogP contribution in [0.3, 0.4) is 0 Å². The van der Waals surface area contributed by atoms with Crippen molar-refractivity contribution >= 4 is 5.78 Å². The fourth-order valence-electron chi connectivity index (χ4n) is 2.85. The normalized spacial score (nSPS) is 21.3.